The third-order valence-electron chi connectivity index (χ3n) is 4.18. The van der Waals surface area contributed by atoms with Gasteiger partial charge in [-0.2, -0.15) is 4.31 Å². The van der Waals surface area contributed by atoms with Gasteiger partial charge in [0.1, 0.15) is 5.82 Å². The Morgan fingerprint density at radius 3 is 2.55 bits per heavy atom. The number of hydrogen-bond acceptors (Lipinski definition) is 2. The van der Waals surface area contributed by atoms with E-state index in [0.717, 1.165) is 12.0 Å². The first-order valence-electron chi connectivity index (χ1n) is 7.30. The van der Waals surface area contributed by atoms with Gasteiger partial charge in [0.05, 0.1) is 4.90 Å². The lowest BCUT2D eigenvalue weighted by Crippen LogP contribution is -2.29. The predicted molar refractivity (Wildman–Crippen MR) is 83.7 cm³/mol. The standard InChI is InChI=1S/C17H18FNO2S/c1-13-11-16(18)7-8-17(13)22(20,21)19-10-9-15(12-19)14-5-3-2-4-6-14/h2-8,11,15H,9-10,12H2,1H3. The van der Waals surface area contributed by atoms with Crippen LogP contribution in [0.3, 0.4) is 0 Å². The van der Waals surface area contributed by atoms with Gasteiger partial charge >= 0.3 is 0 Å². The second kappa shape index (κ2) is 5.82. The molecule has 0 N–H and O–H groups in total. The third-order valence-corrected chi connectivity index (χ3v) is 6.20. The Morgan fingerprint density at radius 1 is 1.14 bits per heavy atom. The summed E-state index contributed by atoms with van der Waals surface area (Å²) in [7, 11) is -3.56. The highest BCUT2D eigenvalue weighted by atomic mass is 32.2. The molecule has 3 nitrogen and oxygen atoms in total. The fourth-order valence-electron chi connectivity index (χ4n) is 2.99. The average Bonchev–Trinajstić information content (AvgIpc) is 2.98. The summed E-state index contributed by atoms with van der Waals surface area (Å²) in [5.41, 5.74) is 1.61. The minimum Gasteiger partial charge on any atom is -0.207 e. The molecule has 0 saturated carbocycles. The molecule has 2 aromatic rings. The van der Waals surface area contributed by atoms with E-state index >= 15 is 0 Å². The number of aryl methyl sites for hydroxylation is 1. The Morgan fingerprint density at radius 2 is 1.86 bits per heavy atom. The Hall–Kier alpha value is -1.72. The van der Waals surface area contributed by atoms with Gasteiger partial charge in [0, 0.05) is 13.1 Å². The van der Waals surface area contributed by atoms with E-state index in [-0.39, 0.29) is 10.8 Å². The second-order valence-corrected chi connectivity index (χ2v) is 7.58. The van der Waals surface area contributed by atoms with Crippen LogP contribution in [0.5, 0.6) is 0 Å². The summed E-state index contributed by atoms with van der Waals surface area (Å²) in [6.07, 6.45) is 0.809. The smallest absolute Gasteiger partial charge is 0.207 e. The maximum absolute atomic E-state index is 13.2. The fraction of sp³-hybridized carbons (Fsp3) is 0.294. The van der Waals surface area contributed by atoms with E-state index in [1.54, 1.807) is 6.92 Å². The number of halogens is 1. The van der Waals surface area contributed by atoms with Crippen molar-refractivity contribution in [2.24, 2.45) is 0 Å². The molecule has 1 saturated heterocycles. The van der Waals surface area contributed by atoms with Gasteiger partial charge in [-0.25, -0.2) is 12.8 Å². The van der Waals surface area contributed by atoms with Crippen molar-refractivity contribution in [2.75, 3.05) is 13.1 Å². The van der Waals surface area contributed by atoms with Gasteiger partial charge in [-0.1, -0.05) is 30.3 Å². The maximum Gasteiger partial charge on any atom is 0.243 e. The molecule has 0 spiro atoms. The summed E-state index contributed by atoms with van der Waals surface area (Å²) in [4.78, 5) is 0.197. The number of nitrogens with zero attached hydrogens (tertiary/aromatic N) is 1. The average molecular weight is 319 g/mol. The molecule has 3 rings (SSSR count). The van der Waals surface area contributed by atoms with E-state index in [2.05, 4.69) is 0 Å². The first-order valence-corrected chi connectivity index (χ1v) is 8.74. The fourth-order valence-corrected chi connectivity index (χ4v) is 4.69. The molecular weight excluding hydrogens is 301 g/mol. The van der Waals surface area contributed by atoms with E-state index in [1.165, 1.54) is 22.5 Å². The van der Waals surface area contributed by atoms with Crippen LogP contribution in [0.4, 0.5) is 4.39 Å². The quantitative estimate of drug-likeness (QED) is 0.870. The molecule has 1 unspecified atom stereocenters. The van der Waals surface area contributed by atoms with Crippen LogP contribution in [0.2, 0.25) is 0 Å². The Balaban J connectivity index is 1.85. The van der Waals surface area contributed by atoms with Crippen LogP contribution >= 0.6 is 0 Å². The van der Waals surface area contributed by atoms with E-state index in [0.29, 0.717) is 18.7 Å². The largest absolute Gasteiger partial charge is 0.243 e. The molecule has 1 heterocycles. The zero-order valence-electron chi connectivity index (χ0n) is 12.4. The molecule has 116 valence electrons. The predicted octanol–water partition coefficient (Wildman–Crippen LogP) is 3.31. The van der Waals surface area contributed by atoms with E-state index in [4.69, 9.17) is 0 Å². The Bertz CT molecular complexity index is 775. The van der Waals surface area contributed by atoms with Crippen LogP contribution < -0.4 is 0 Å². The molecule has 0 amide bonds. The van der Waals surface area contributed by atoms with E-state index < -0.39 is 15.8 Å². The molecule has 2 aromatic carbocycles. The molecule has 0 radical (unpaired) electrons. The zero-order chi connectivity index (χ0) is 15.7. The topological polar surface area (TPSA) is 37.4 Å². The highest BCUT2D eigenvalue weighted by Crippen LogP contribution is 2.31. The van der Waals surface area contributed by atoms with E-state index in [1.807, 2.05) is 30.3 Å². The summed E-state index contributed by atoms with van der Waals surface area (Å²) >= 11 is 0. The van der Waals surface area contributed by atoms with Crippen molar-refractivity contribution in [3.05, 3.63) is 65.5 Å². The second-order valence-electron chi connectivity index (χ2n) is 5.67. The first-order chi connectivity index (χ1) is 10.5. The number of benzene rings is 2. The summed E-state index contributed by atoms with van der Waals surface area (Å²) in [5.74, 6) is -0.197. The van der Waals surface area contributed by atoms with Crippen LogP contribution in [0, 0.1) is 12.7 Å². The number of sulfonamides is 1. The maximum atomic E-state index is 13.2. The van der Waals surface area contributed by atoms with Crippen molar-refractivity contribution in [1.29, 1.82) is 0 Å². The highest BCUT2D eigenvalue weighted by molar-refractivity contribution is 7.89. The molecule has 5 heteroatoms. The van der Waals surface area contributed by atoms with Crippen molar-refractivity contribution < 1.29 is 12.8 Å². The molecule has 1 aliphatic rings. The highest BCUT2D eigenvalue weighted by Gasteiger charge is 2.33. The molecule has 0 bridgehead atoms. The third kappa shape index (κ3) is 2.78. The van der Waals surface area contributed by atoms with Gasteiger partial charge in [0.15, 0.2) is 0 Å². The van der Waals surface area contributed by atoms with Crippen LogP contribution in [-0.4, -0.2) is 25.8 Å². The summed E-state index contributed by atoms with van der Waals surface area (Å²) < 4.78 is 40.2. The molecular formula is C17H18FNO2S. The van der Waals surface area contributed by atoms with Crippen LogP contribution in [0.1, 0.15) is 23.5 Å². The van der Waals surface area contributed by atoms with Gasteiger partial charge in [0.2, 0.25) is 10.0 Å². The lowest BCUT2D eigenvalue weighted by Gasteiger charge is -2.18. The van der Waals surface area contributed by atoms with Crippen molar-refractivity contribution in [1.82, 2.24) is 4.31 Å². The lowest BCUT2D eigenvalue weighted by molar-refractivity contribution is 0.472. The van der Waals surface area contributed by atoms with Crippen molar-refractivity contribution in [3.63, 3.8) is 0 Å². The van der Waals surface area contributed by atoms with Crippen LogP contribution in [0.15, 0.2) is 53.4 Å². The van der Waals surface area contributed by atoms with Gasteiger partial charge < -0.3 is 0 Å². The van der Waals surface area contributed by atoms with Crippen molar-refractivity contribution in [2.45, 2.75) is 24.2 Å². The monoisotopic (exact) mass is 319 g/mol. The normalized spacial score (nSPS) is 19.5. The number of rotatable bonds is 3. The molecule has 1 aliphatic heterocycles. The molecule has 0 aliphatic carbocycles. The van der Waals surface area contributed by atoms with Crippen molar-refractivity contribution in [3.8, 4) is 0 Å². The zero-order valence-corrected chi connectivity index (χ0v) is 13.2. The summed E-state index contributed by atoms with van der Waals surface area (Å²) in [6.45, 7) is 2.60. The van der Waals surface area contributed by atoms with Crippen LogP contribution in [-0.2, 0) is 10.0 Å². The summed E-state index contributed by atoms with van der Waals surface area (Å²) in [5, 5.41) is 0. The first kappa shape index (κ1) is 15.2. The molecule has 22 heavy (non-hydrogen) atoms. The minimum absolute atomic E-state index is 0.197. The SMILES string of the molecule is Cc1cc(F)ccc1S(=O)(=O)N1CCC(c2ccccc2)C1. The minimum atomic E-state index is -3.56. The molecule has 0 aromatic heterocycles. The lowest BCUT2D eigenvalue weighted by atomic mass is 9.99. The van der Waals surface area contributed by atoms with Crippen LogP contribution in [0.25, 0.3) is 0 Å². The van der Waals surface area contributed by atoms with Crippen molar-refractivity contribution >= 4 is 10.0 Å². The Labute approximate surface area is 130 Å². The molecule has 1 fully saturated rings. The van der Waals surface area contributed by atoms with Gasteiger partial charge in [-0.05, 0) is 48.6 Å². The van der Waals surface area contributed by atoms with Gasteiger partial charge in [0.25, 0.3) is 0 Å². The molecule has 1 atom stereocenters. The van der Waals surface area contributed by atoms with Gasteiger partial charge in [-0.15, -0.1) is 0 Å². The van der Waals surface area contributed by atoms with Gasteiger partial charge in [-0.3, -0.25) is 0 Å². The summed E-state index contributed by atoms with van der Waals surface area (Å²) in [6, 6.07) is 13.8. The Kier molecular flexibility index (Phi) is 4.02. The van der Waals surface area contributed by atoms with E-state index in [9.17, 15) is 12.8 Å². The number of hydrogen-bond donors (Lipinski definition) is 0.